The van der Waals surface area contributed by atoms with Crippen LogP contribution in [0.1, 0.15) is 44.2 Å². The van der Waals surface area contributed by atoms with E-state index in [1.54, 1.807) is 17.0 Å². The highest BCUT2D eigenvalue weighted by Crippen LogP contribution is 2.25. The Kier molecular flexibility index (Phi) is 6.28. The van der Waals surface area contributed by atoms with Crippen LogP contribution in [0, 0.1) is 5.82 Å². The molecule has 0 bridgehead atoms. The van der Waals surface area contributed by atoms with E-state index in [0.29, 0.717) is 34.6 Å². The maximum absolute atomic E-state index is 13.5. The lowest BCUT2D eigenvalue weighted by atomic mass is 9.98. The van der Waals surface area contributed by atoms with Crippen LogP contribution in [0.15, 0.2) is 24.3 Å². The zero-order valence-electron chi connectivity index (χ0n) is 19.6. The van der Waals surface area contributed by atoms with Gasteiger partial charge in [0.2, 0.25) is 5.91 Å². The van der Waals surface area contributed by atoms with Crippen LogP contribution in [0.3, 0.4) is 0 Å². The number of nitrogens with one attached hydrogen (secondary N) is 3. The Labute approximate surface area is 205 Å². The quantitative estimate of drug-likeness (QED) is 0.509. The molecular formula is C24H27FN6O3S. The monoisotopic (exact) mass is 498 g/mol. The van der Waals surface area contributed by atoms with Crippen molar-refractivity contribution >= 4 is 40.0 Å². The van der Waals surface area contributed by atoms with E-state index in [0.717, 1.165) is 30.1 Å². The number of rotatable bonds is 4. The maximum atomic E-state index is 13.5. The fourth-order valence-electron chi connectivity index (χ4n) is 4.68. The molecule has 3 N–H and O–H groups in total. The summed E-state index contributed by atoms with van der Waals surface area (Å²) in [5.41, 5.74) is 1.93. The molecule has 0 saturated carbocycles. The Morgan fingerprint density at radius 1 is 1.14 bits per heavy atom. The number of amides is 3. The van der Waals surface area contributed by atoms with Crippen LogP contribution in [0.5, 0.6) is 0 Å². The summed E-state index contributed by atoms with van der Waals surface area (Å²) < 4.78 is 13.5. The van der Waals surface area contributed by atoms with Gasteiger partial charge >= 0.3 is 0 Å². The van der Waals surface area contributed by atoms with Crippen molar-refractivity contribution in [1.82, 2.24) is 30.4 Å². The zero-order chi connectivity index (χ0) is 24.7. The topological polar surface area (TPSA) is 110 Å². The van der Waals surface area contributed by atoms with Crippen molar-refractivity contribution in [2.75, 3.05) is 26.7 Å². The number of aromatic nitrogens is 2. The molecule has 0 aliphatic carbocycles. The highest BCUT2D eigenvalue weighted by Gasteiger charge is 2.34. The SMILES string of the molecule is CC(=O)N1CCC(NC(=O)c2cc3cc(F)ccc3[nH]2)C(NC(=O)c2nc3c(s2)CN(C)CC3)C1. The Bertz CT molecular complexity index is 1300. The van der Waals surface area contributed by atoms with Gasteiger partial charge < -0.3 is 25.4 Å². The van der Waals surface area contributed by atoms with Crippen molar-refractivity contribution in [3.63, 3.8) is 0 Å². The average molecular weight is 499 g/mol. The summed E-state index contributed by atoms with van der Waals surface area (Å²) in [4.78, 5) is 50.6. The van der Waals surface area contributed by atoms with Gasteiger partial charge in [-0.1, -0.05) is 0 Å². The summed E-state index contributed by atoms with van der Waals surface area (Å²) in [7, 11) is 2.04. The van der Waals surface area contributed by atoms with Crippen molar-refractivity contribution in [2.45, 2.75) is 38.4 Å². The smallest absolute Gasteiger partial charge is 0.280 e. The molecule has 4 heterocycles. The van der Waals surface area contributed by atoms with Gasteiger partial charge in [-0.3, -0.25) is 14.4 Å². The normalized spacial score (nSPS) is 20.5. The van der Waals surface area contributed by atoms with Crippen LogP contribution in [0.2, 0.25) is 0 Å². The second kappa shape index (κ2) is 9.38. The molecule has 1 saturated heterocycles. The van der Waals surface area contributed by atoms with E-state index in [9.17, 15) is 18.8 Å². The lowest BCUT2D eigenvalue weighted by Crippen LogP contribution is -2.61. The third-order valence-electron chi connectivity index (χ3n) is 6.63. The Hall–Kier alpha value is -3.31. The summed E-state index contributed by atoms with van der Waals surface area (Å²) in [5, 5.41) is 7.00. The van der Waals surface area contributed by atoms with Gasteiger partial charge in [-0.05, 0) is 37.7 Å². The van der Waals surface area contributed by atoms with Gasteiger partial charge in [0.05, 0.1) is 17.8 Å². The first kappa shape index (κ1) is 23.4. The number of thiazole rings is 1. The van der Waals surface area contributed by atoms with Crippen molar-refractivity contribution in [3.05, 3.63) is 51.4 Å². The number of aromatic amines is 1. The van der Waals surface area contributed by atoms with Gasteiger partial charge in [0.15, 0.2) is 5.01 Å². The fraction of sp³-hybridized carbons (Fsp3) is 0.417. The van der Waals surface area contributed by atoms with E-state index >= 15 is 0 Å². The molecule has 1 aromatic carbocycles. The van der Waals surface area contributed by atoms with E-state index in [4.69, 9.17) is 0 Å². The van der Waals surface area contributed by atoms with E-state index in [1.807, 2.05) is 7.05 Å². The molecule has 5 rings (SSSR count). The number of piperidine rings is 1. The van der Waals surface area contributed by atoms with Crippen molar-refractivity contribution in [1.29, 1.82) is 0 Å². The van der Waals surface area contributed by atoms with Crippen LogP contribution >= 0.6 is 11.3 Å². The molecule has 2 aliphatic rings. The van der Waals surface area contributed by atoms with Crippen LogP contribution in [0.25, 0.3) is 10.9 Å². The summed E-state index contributed by atoms with van der Waals surface area (Å²) in [6, 6.07) is 5.02. The van der Waals surface area contributed by atoms with Gasteiger partial charge in [-0.15, -0.1) is 11.3 Å². The predicted molar refractivity (Wildman–Crippen MR) is 130 cm³/mol. The van der Waals surface area contributed by atoms with E-state index in [-0.39, 0.29) is 36.1 Å². The third kappa shape index (κ3) is 4.92. The minimum absolute atomic E-state index is 0.0839. The number of hydrogen-bond acceptors (Lipinski definition) is 6. The Balaban J connectivity index is 1.32. The molecule has 184 valence electrons. The number of nitrogens with zero attached hydrogens (tertiary/aromatic N) is 3. The number of fused-ring (bicyclic) bond motifs is 2. The standard InChI is InChI=1S/C24H27FN6O3S/c1-13(32)31-8-6-17(27-22(33)19-10-14-9-15(25)3-4-16(14)26-19)20(11-31)28-23(34)24-29-18-5-7-30(2)12-21(18)35-24/h3-4,9-10,17,20,26H,5-8,11-12H2,1-2H3,(H,27,33)(H,28,34). The van der Waals surface area contributed by atoms with Crippen LogP contribution in [-0.2, 0) is 17.8 Å². The van der Waals surface area contributed by atoms with Gasteiger partial charge in [0, 0.05) is 55.3 Å². The molecule has 3 amide bonds. The van der Waals surface area contributed by atoms with E-state index in [1.165, 1.54) is 30.4 Å². The molecule has 2 unspecified atom stereocenters. The second-order valence-electron chi connectivity index (χ2n) is 9.20. The number of benzene rings is 1. The van der Waals surface area contributed by atoms with E-state index in [2.05, 4.69) is 25.5 Å². The third-order valence-corrected chi connectivity index (χ3v) is 7.72. The lowest BCUT2D eigenvalue weighted by Gasteiger charge is -2.38. The molecule has 35 heavy (non-hydrogen) atoms. The first-order valence-electron chi connectivity index (χ1n) is 11.6. The Morgan fingerprint density at radius 2 is 1.94 bits per heavy atom. The summed E-state index contributed by atoms with van der Waals surface area (Å²) in [5.74, 6) is -1.12. The second-order valence-corrected chi connectivity index (χ2v) is 10.3. The minimum atomic E-state index is -0.477. The molecule has 9 nitrogen and oxygen atoms in total. The highest BCUT2D eigenvalue weighted by atomic mass is 32.1. The zero-order valence-corrected chi connectivity index (χ0v) is 20.4. The number of hydrogen-bond donors (Lipinski definition) is 3. The van der Waals surface area contributed by atoms with Gasteiger partial charge in [-0.25, -0.2) is 9.37 Å². The number of H-pyrrole nitrogens is 1. The molecule has 2 aromatic heterocycles. The van der Waals surface area contributed by atoms with Crippen LogP contribution in [0.4, 0.5) is 4.39 Å². The minimum Gasteiger partial charge on any atom is -0.351 e. The fourth-order valence-corrected chi connectivity index (χ4v) is 5.77. The summed E-state index contributed by atoms with van der Waals surface area (Å²) >= 11 is 1.39. The van der Waals surface area contributed by atoms with Crippen molar-refractivity contribution in [2.24, 2.45) is 0 Å². The number of likely N-dealkylation sites (N-methyl/N-ethyl adjacent to an activating group) is 1. The number of carbonyl (C=O) groups excluding carboxylic acids is 3. The molecule has 11 heteroatoms. The molecule has 0 spiro atoms. The van der Waals surface area contributed by atoms with Crippen molar-refractivity contribution in [3.8, 4) is 0 Å². The lowest BCUT2D eigenvalue weighted by molar-refractivity contribution is -0.130. The molecule has 0 radical (unpaired) electrons. The summed E-state index contributed by atoms with van der Waals surface area (Å²) in [6.07, 6.45) is 1.30. The number of likely N-dealkylation sites (tertiary alicyclic amines) is 1. The number of carbonyl (C=O) groups is 3. The molecule has 1 fully saturated rings. The predicted octanol–water partition coefficient (Wildman–Crippen LogP) is 1.90. The first-order valence-corrected chi connectivity index (χ1v) is 12.4. The van der Waals surface area contributed by atoms with Gasteiger partial charge in [0.25, 0.3) is 11.8 Å². The molecule has 2 aliphatic heterocycles. The van der Waals surface area contributed by atoms with Crippen molar-refractivity contribution < 1.29 is 18.8 Å². The van der Waals surface area contributed by atoms with Crippen LogP contribution in [-0.4, -0.2) is 76.3 Å². The highest BCUT2D eigenvalue weighted by molar-refractivity contribution is 7.13. The van der Waals surface area contributed by atoms with Gasteiger partial charge in [0.1, 0.15) is 11.5 Å². The molecule has 2 atom stereocenters. The van der Waals surface area contributed by atoms with Crippen LogP contribution < -0.4 is 10.6 Å². The number of halogens is 1. The Morgan fingerprint density at radius 3 is 2.74 bits per heavy atom. The maximum Gasteiger partial charge on any atom is 0.280 e. The van der Waals surface area contributed by atoms with Gasteiger partial charge in [-0.2, -0.15) is 0 Å². The molecular weight excluding hydrogens is 471 g/mol. The summed E-state index contributed by atoms with van der Waals surface area (Å²) in [6.45, 7) is 3.93. The molecule has 3 aromatic rings. The average Bonchev–Trinajstić information content (AvgIpc) is 3.43. The van der Waals surface area contributed by atoms with E-state index < -0.39 is 6.04 Å². The largest absolute Gasteiger partial charge is 0.351 e. The first-order chi connectivity index (χ1) is 16.8.